The molecule has 104 valence electrons. The number of nitrogens with two attached hydrogens (primary N) is 1. The van der Waals surface area contributed by atoms with Gasteiger partial charge in [0.25, 0.3) is 0 Å². The second-order valence-corrected chi connectivity index (χ2v) is 5.46. The van der Waals surface area contributed by atoms with Crippen molar-refractivity contribution in [3.8, 4) is 0 Å². The van der Waals surface area contributed by atoms with Crippen LogP contribution in [-0.4, -0.2) is 45.7 Å². The largest absolute Gasteiger partial charge is 0.379 e. The second-order valence-electron chi connectivity index (χ2n) is 5.46. The van der Waals surface area contributed by atoms with Gasteiger partial charge in [-0.2, -0.15) is 0 Å². The molecule has 6 nitrogen and oxygen atoms in total. The average molecular weight is 264 g/mol. The van der Waals surface area contributed by atoms with Crippen LogP contribution < -0.4 is 5.73 Å². The molecule has 0 spiro atoms. The Balaban J connectivity index is 1.74. The van der Waals surface area contributed by atoms with Gasteiger partial charge in [0.2, 0.25) is 5.91 Å². The van der Waals surface area contributed by atoms with Crippen LogP contribution in [0.25, 0.3) is 0 Å². The zero-order chi connectivity index (χ0) is 13.4. The average Bonchev–Trinajstić information content (AvgIpc) is 3.02. The third kappa shape index (κ3) is 2.50. The van der Waals surface area contributed by atoms with Crippen molar-refractivity contribution in [3.63, 3.8) is 0 Å². The highest BCUT2D eigenvalue weighted by atomic mass is 16.5. The fraction of sp³-hybridized carbons (Fsp3) is 0.692. The van der Waals surface area contributed by atoms with Crippen LogP contribution >= 0.6 is 0 Å². The monoisotopic (exact) mass is 264 g/mol. The van der Waals surface area contributed by atoms with Crippen LogP contribution in [0, 0.1) is 5.92 Å². The maximum absolute atomic E-state index is 12.6. The van der Waals surface area contributed by atoms with E-state index in [0.717, 1.165) is 18.7 Å². The molecular formula is C13H20N4O2. The van der Waals surface area contributed by atoms with E-state index in [1.807, 2.05) is 22.7 Å². The minimum absolute atomic E-state index is 0.121. The molecule has 1 aromatic heterocycles. The van der Waals surface area contributed by atoms with Crippen molar-refractivity contribution in [1.82, 2.24) is 14.5 Å². The minimum Gasteiger partial charge on any atom is -0.379 e. The number of hydrogen-bond acceptors (Lipinski definition) is 4. The number of ether oxygens (including phenoxy) is 1. The molecule has 2 unspecified atom stereocenters. The van der Waals surface area contributed by atoms with E-state index in [1.54, 1.807) is 6.20 Å². The van der Waals surface area contributed by atoms with E-state index in [-0.39, 0.29) is 17.9 Å². The molecule has 2 heterocycles. The van der Waals surface area contributed by atoms with Gasteiger partial charge in [-0.1, -0.05) is 0 Å². The highest BCUT2D eigenvalue weighted by Crippen LogP contribution is 2.30. The summed E-state index contributed by atoms with van der Waals surface area (Å²) in [6.45, 7) is 1.50. The topological polar surface area (TPSA) is 73.4 Å². The second kappa shape index (κ2) is 4.94. The molecule has 2 N–H and O–H groups in total. The number of nitrogens with zero attached hydrogens (tertiary/aromatic N) is 3. The molecule has 1 saturated carbocycles. The van der Waals surface area contributed by atoms with Gasteiger partial charge in [0, 0.05) is 31.5 Å². The highest BCUT2D eigenvalue weighted by Gasteiger charge is 2.40. The molecule has 1 amide bonds. The van der Waals surface area contributed by atoms with Gasteiger partial charge < -0.3 is 19.9 Å². The fourth-order valence-electron chi connectivity index (χ4n) is 2.51. The molecular weight excluding hydrogens is 244 g/mol. The first-order valence-electron chi connectivity index (χ1n) is 6.77. The third-order valence-electron chi connectivity index (χ3n) is 3.95. The van der Waals surface area contributed by atoms with E-state index < -0.39 is 0 Å². The standard InChI is InChI=1S/C13H20N4O2/c1-16-5-4-15-12(16)6-17(9-2-3-9)13(18)10-7-19-8-11(10)14/h4-5,9-11H,2-3,6-8,14H2,1H3. The summed E-state index contributed by atoms with van der Waals surface area (Å²) in [5, 5.41) is 0. The van der Waals surface area contributed by atoms with Crippen molar-refractivity contribution in [2.24, 2.45) is 18.7 Å². The Labute approximate surface area is 112 Å². The first-order valence-corrected chi connectivity index (χ1v) is 6.77. The number of imidazole rings is 1. The number of amides is 1. The first kappa shape index (κ1) is 12.6. The molecule has 6 heteroatoms. The van der Waals surface area contributed by atoms with Crippen LogP contribution in [0.2, 0.25) is 0 Å². The SMILES string of the molecule is Cn1ccnc1CN(C(=O)C1COCC1N)C1CC1. The Bertz CT molecular complexity index is 469. The van der Waals surface area contributed by atoms with Gasteiger partial charge in [-0.05, 0) is 12.8 Å². The summed E-state index contributed by atoms with van der Waals surface area (Å²) in [6.07, 6.45) is 5.82. The maximum atomic E-state index is 12.6. The van der Waals surface area contributed by atoms with E-state index >= 15 is 0 Å². The lowest BCUT2D eigenvalue weighted by atomic mass is 10.0. The Morgan fingerprint density at radius 1 is 1.58 bits per heavy atom. The molecule has 2 aliphatic rings. The van der Waals surface area contributed by atoms with E-state index in [0.29, 0.717) is 25.8 Å². The summed E-state index contributed by atoms with van der Waals surface area (Å²) in [4.78, 5) is 18.8. The molecule has 3 rings (SSSR count). The molecule has 2 fully saturated rings. The zero-order valence-electron chi connectivity index (χ0n) is 11.2. The smallest absolute Gasteiger partial charge is 0.230 e. The van der Waals surface area contributed by atoms with Gasteiger partial charge in [-0.3, -0.25) is 4.79 Å². The molecule has 1 aliphatic carbocycles. The van der Waals surface area contributed by atoms with Gasteiger partial charge in [0.15, 0.2) is 0 Å². The Kier molecular flexibility index (Phi) is 3.28. The van der Waals surface area contributed by atoms with Crippen LogP contribution in [0.4, 0.5) is 0 Å². The van der Waals surface area contributed by atoms with Crippen LogP contribution in [0.1, 0.15) is 18.7 Å². The van der Waals surface area contributed by atoms with Crippen LogP contribution in [0.3, 0.4) is 0 Å². The van der Waals surface area contributed by atoms with Gasteiger partial charge in [0.1, 0.15) is 5.82 Å². The molecule has 0 bridgehead atoms. The molecule has 1 aliphatic heterocycles. The highest BCUT2D eigenvalue weighted by molar-refractivity contribution is 5.80. The van der Waals surface area contributed by atoms with Crippen LogP contribution in [0.15, 0.2) is 12.4 Å². The predicted molar refractivity (Wildman–Crippen MR) is 69.1 cm³/mol. The lowest BCUT2D eigenvalue weighted by Gasteiger charge is -2.26. The van der Waals surface area contributed by atoms with Gasteiger partial charge >= 0.3 is 0 Å². The number of aryl methyl sites for hydroxylation is 1. The van der Waals surface area contributed by atoms with Crippen LogP contribution in [0.5, 0.6) is 0 Å². The van der Waals surface area contributed by atoms with Crippen molar-refractivity contribution >= 4 is 5.91 Å². The Morgan fingerprint density at radius 3 is 2.89 bits per heavy atom. The van der Waals surface area contributed by atoms with Crippen LogP contribution in [-0.2, 0) is 23.1 Å². The number of carbonyl (C=O) groups excluding carboxylic acids is 1. The van der Waals surface area contributed by atoms with E-state index in [2.05, 4.69) is 4.98 Å². The van der Waals surface area contributed by atoms with E-state index in [1.165, 1.54) is 0 Å². The zero-order valence-corrected chi connectivity index (χ0v) is 11.2. The number of rotatable bonds is 4. The van der Waals surface area contributed by atoms with Crippen molar-refractivity contribution < 1.29 is 9.53 Å². The fourth-order valence-corrected chi connectivity index (χ4v) is 2.51. The number of hydrogen-bond donors (Lipinski definition) is 1. The van der Waals surface area contributed by atoms with E-state index in [9.17, 15) is 4.79 Å². The summed E-state index contributed by atoms with van der Waals surface area (Å²) >= 11 is 0. The summed E-state index contributed by atoms with van der Waals surface area (Å²) in [7, 11) is 1.95. The molecule has 1 aromatic rings. The molecule has 1 saturated heterocycles. The van der Waals surface area contributed by atoms with Crippen molar-refractivity contribution in [1.29, 1.82) is 0 Å². The summed E-state index contributed by atoms with van der Waals surface area (Å²) in [6, 6.07) is 0.187. The van der Waals surface area contributed by atoms with Crippen molar-refractivity contribution in [2.75, 3.05) is 13.2 Å². The van der Waals surface area contributed by atoms with Gasteiger partial charge in [-0.25, -0.2) is 4.98 Å². The Hall–Kier alpha value is -1.40. The summed E-state index contributed by atoms with van der Waals surface area (Å²) < 4.78 is 7.26. The first-order chi connectivity index (χ1) is 9.16. The number of aromatic nitrogens is 2. The minimum atomic E-state index is -0.194. The predicted octanol–water partition coefficient (Wildman–Crippen LogP) is -0.115. The molecule has 0 aromatic carbocycles. The normalized spacial score (nSPS) is 26.6. The van der Waals surface area contributed by atoms with Crippen molar-refractivity contribution in [3.05, 3.63) is 18.2 Å². The molecule has 0 radical (unpaired) electrons. The quantitative estimate of drug-likeness (QED) is 0.823. The van der Waals surface area contributed by atoms with Crippen molar-refractivity contribution in [2.45, 2.75) is 31.5 Å². The summed E-state index contributed by atoms with van der Waals surface area (Å²) in [5.74, 6) is 0.837. The number of carbonyl (C=O) groups is 1. The third-order valence-corrected chi connectivity index (χ3v) is 3.95. The maximum Gasteiger partial charge on any atom is 0.230 e. The molecule has 19 heavy (non-hydrogen) atoms. The lowest BCUT2D eigenvalue weighted by Crippen LogP contribution is -2.44. The molecule has 2 atom stereocenters. The Morgan fingerprint density at radius 2 is 2.37 bits per heavy atom. The van der Waals surface area contributed by atoms with E-state index in [4.69, 9.17) is 10.5 Å². The van der Waals surface area contributed by atoms with Gasteiger partial charge in [-0.15, -0.1) is 0 Å². The lowest BCUT2D eigenvalue weighted by molar-refractivity contribution is -0.137. The van der Waals surface area contributed by atoms with Gasteiger partial charge in [0.05, 0.1) is 25.7 Å². The summed E-state index contributed by atoms with van der Waals surface area (Å²) in [5.41, 5.74) is 5.95.